The summed E-state index contributed by atoms with van der Waals surface area (Å²) in [5.74, 6) is 0.558. The Morgan fingerprint density at radius 1 is 0.739 bits per heavy atom. The van der Waals surface area contributed by atoms with Gasteiger partial charge in [0.15, 0.2) is 5.43 Å². The fourth-order valence-electron chi connectivity index (χ4n) is 2.73. The van der Waals surface area contributed by atoms with E-state index in [0.717, 1.165) is 16.3 Å². The van der Waals surface area contributed by atoms with E-state index < -0.39 is 0 Å². The summed E-state index contributed by atoms with van der Waals surface area (Å²) in [6, 6.07) is 23.2. The van der Waals surface area contributed by atoms with Crippen LogP contribution in [0.4, 0.5) is 0 Å². The normalized spacial score (nSPS) is 11.5. The molecule has 110 valence electrons. The van der Waals surface area contributed by atoms with Gasteiger partial charge in [0.25, 0.3) is 0 Å². The molecule has 0 aliphatic rings. The summed E-state index contributed by atoms with van der Waals surface area (Å²) in [7, 11) is 0. The van der Waals surface area contributed by atoms with Gasteiger partial charge in [0.2, 0.25) is 0 Å². The topological polar surface area (TPSA) is 30.2 Å². The predicted molar refractivity (Wildman–Crippen MR) is 95.4 cm³/mol. The fraction of sp³-hybridized carbons (Fsp3) is 0. The maximum Gasteiger partial charge on any atom is 0.193 e. The number of hydrogen-bond acceptors (Lipinski definition) is 2. The van der Waals surface area contributed by atoms with Crippen molar-refractivity contribution in [2.75, 3.05) is 0 Å². The van der Waals surface area contributed by atoms with E-state index in [1.165, 1.54) is 6.07 Å². The molecule has 1 aromatic heterocycles. The first kappa shape index (κ1) is 13.5. The minimum absolute atomic E-state index is 0.0234. The van der Waals surface area contributed by atoms with Crippen LogP contribution in [0.3, 0.4) is 0 Å². The van der Waals surface area contributed by atoms with Crippen LogP contribution in [0.15, 0.2) is 82.0 Å². The minimum atomic E-state index is -0.0234. The lowest BCUT2D eigenvalue weighted by Crippen LogP contribution is -2.00. The van der Waals surface area contributed by atoms with Crippen molar-refractivity contribution >= 4 is 33.9 Å². The number of benzene rings is 3. The van der Waals surface area contributed by atoms with Crippen molar-refractivity contribution in [3.8, 4) is 0 Å². The van der Waals surface area contributed by atoms with Crippen molar-refractivity contribution < 1.29 is 4.42 Å². The molecule has 0 N–H and O–H groups in total. The summed E-state index contributed by atoms with van der Waals surface area (Å²) in [5.41, 5.74) is 1.68. The van der Waals surface area contributed by atoms with Crippen LogP contribution in [0.1, 0.15) is 11.3 Å². The Balaban J connectivity index is 1.90. The van der Waals surface area contributed by atoms with Crippen molar-refractivity contribution in [2.45, 2.75) is 0 Å². The Morgan fingerprint density at radius 2 is 1.52 bits per heavy atom. The van der Waals surface area contributed by atoms with Gasteiger partial charge in [-0.2, -0.15) is 0 Å². The molecule has 23 heavy (non-hydrogen) atoms. The average molecular weight is 298 g/mol. The van der Waals surface area contributed by atoms with Crippen molar-refractivity contribution in [1.82, 2.24) is 0 Å². The molecular formula is C21H14O2. The molecule has 3 aromatic carbocycles. The van der Waals surface area contributed by atoms with Crippen LogP contribution in [0.2, 0.25) is 0 Å². The smallest absolute Gasteiger partial charge is 0.193 e. The Labute approximate surface area is 133 Å². The molecule has 1 heterocycles. The molecule has 4 aromatic rings. The minimum Gasteiger partial charge on any atom is -0.456 e. The second kappa shape index (κ2) is 5.58. The Hall–Kier alpha value is -3.13. The molecule has 0 saturated heterocycles. The third-order valence-electron chi connectivity index (χ3n) is 3.88. The first-order valence-corrected chi connectivity index (χ1v) is 7.50. The summed E-state index contributed by atoms with van der Waals surface area (Å²) < 4.78 is 5.99. The number of fused-ring (bicyclic) bond motifs is 3. The summed E-state index contributed by atoms with van der Waals surface area (Å²) in [4.78, 5) is 12.4. The van der Waals surface area contributed by atoms with E-state index in [1.807, 2.05) is 78.9 Å². The van der Waals surface area contributed by atoms with E-state index in [1.54, 1.807) is 0 Å². The number of rotatable bonds is 2. The molecule has 0 radical (unpaired) electrons. The van der Waals surface area contributed by atoms with Gasteiger partial charge in [-0.15, -0.1) is 0 Å². The first-order valence-electron chi connectivity index (χ1n) is 7.50. The molecule has 0 unspecified atom stereocenters. The van der Waals surface area contributed by atoms with E-state index in [-0.39, 0.29) is 5.43 Å². The van der Waals surface area contributed by atoms with Gasteiger partial charge < -0.3 is 4.42 Å². The summed E-state index contributed by atoms with van der Waals surface area (Å²) >= 11 is 0. The van der Waals surface area contributed by atoms with E-state index in [9.17, 15) is 4.79 Å². The van der Waals surface area contributed by atoms with Crippen LogP contribution in [-0.2, 0) is 0 Å². The van der Waals surface area contributed by atoms with Crippen LogP contribution in [0, 0.1) is 0 Å². The highest BCUT2D eigenvalue weighted by atomic mass is 16.3. The molecule has 0 aliphatic carbocycles. The van der Waals surface area contributed by atoms with Gasteiger partial charge in [0.1, 0.15) is 11.3 Å². The van der Waals surface area contributed by atoms with E-state index >= 15 is 0 Å². The highest BCUT2D eigenvalue weighted by molar-refractivity contribution is 6.04. The van der Waals surface area contributed by atoms with Crippen molar-refractivity contribution in [1.29, 1.82) is 0 Å². The van der Waals surface area contributed by atoms with Gasteiger partial charge in [-0.25, -0.2) is 0 Å². The SMILES string of the molecule is O=c1cc(/C=C/c2ccccc2)oc2c1ccc1ccccc12. The zero-order valence-electron chi connectivity index (χ0n) is 12.4. The molecule has 0 spiro atoms. The molecule has 2 heteroatoms. The van der Waals surface area contributed by atoms with Crippen molar-refractivity contribution in [2.24, 2.45) is 0 Å². The molecule has 0 atom stereocenters. The molecule has 0 aliphatic heterocycles. The van der Waals surface area contributed by atoms with Gasteiger partial charge in [-0.05, 0) is 23.1 Å². The fourth-order valence-corrected chi connectivity index (χ4v) is 2.73. The van der Waals surface area contributed by atoms with Crippen LogP contribution in [-0.4, -0.2) is 0 Å². The average Bonchev–Trinajstić information content (AvgIpc) is 2.61. The zero-order chi connectivity index (χ0) is 15.6. The Morgan fingerprint density at radius 3 is 2.39 bits per heavy atom. The van der Waals surface area contributed by atoms with Gasteiger partial charge in [0, 0.05) is 11.5 Å². The molecule has 0 amide bonds. The summed E-state index contributed by atoms with van der Waals surface area (Å²) in [5, 5.41) is 2.63. The molecule has 0 fully saturated rings. The van der Waals surface area contributed by atoms with Crippen LogP contribution in [0.25, 0.3) is 33.9 Å². The summed E-state index contributed by atoms with van der Waals surface area (Å²) in [6.07, 6.45) is 3.77. The lowest BCUT2D eigenvalue weighted by molar-refractivity contribution is 0.594. The Kier molecular flexibility index (Phi) is 3.28. The molecular weight excluding hydrogens is 284 g/mol. The van der Waals surface area contributed by atoms with Gasteiger partial charge >= 0.3 is 0 Å². The maximum atomic E-state index is 12.4. The lowest BCUT2D eigenvalue weighted by Gasteiger charge is -2.03. The van der Waals surface area contributed by atoms with Crippen LogP contribution >= 0.6 is 0 Å². The highest BCUT2D eigenvalue weighted by Gasteiger charge is 2.07. The second-order valence-corrected chi connectivity index (χ2v) is 5.42. The van der Waals surface area contributed by atoms with Gasteiger partial charge in [0.05, 0.1) is 5.39 Å². The quantitative estimate of drug-likeness (QED) is 0.481. The highest BCUT2D eigenvalue weighted by Crippen LogP contribution is 2.24. The number of hydrogen-bond donors (Lipinski definition) is 0. The second-order valence-electron chi connectivity index (χ2n) is 5.42. The van der Waals surface area contributed by atoms with Crippen molar-refractivity contribution in [3.05, 3.63) is 94.3 Å². The predicted octanol–water partition coefficient (Wildman–Crippen LogP) is 5.12. The zero-order valence-corrected chi connectivity index (χ0v) is 12.4. The maximum absolute atomic E-state index is 12.4. The molecule has 0 saturated carbocycles. The lowest BCUT2D eigenvalue weighted by atomic mass is 10.1. The van der Waals surface area contributed by atoms with E-state index in [0.29, 0.717) is 16.7 Å². The van der Waals surface area contributed by atoms with E-state index in [2.05, 4.69) is 0 Å². The van der Waals surface area contributed by atoms with Crippen molar-refractivity contribution in [3.63, 3.8) is 0 Å². The standard InChI is InChI=1S/C21H14O2/c22-20-14-17(12-10-15-6-2-1-3-7-15)23-21-18-9-5-4-8-16(18)11-13-19(20)21/h1-14H/b12-10+. The molecule has 4 rings (SSSR count). The monoisotopic (exact) mass is 298 g/mol. The summed E-state index contributed by atoms with van der Waals surface area (Å²) in [6.45, 7) is 0. The molecule has 2 nitrogen and oxygen atoms in total. The van der Waals surface area contributed by atoms with Gasteiger partial charge in [-0.1, -0.05) is 66.7 Å². The van der Waals surface area contributed by atoms with E-state index in [4.69, 9.17) is 4.42 Å². The third kappa shape index (κ3) is 2.55. The Bertz CT molecular complexity index is 1070. The largest absolute Gasteiger partial charge is 0.456 e. The third-order valence-corrected chi connectivity index (χ3v) is 3.88. The van der Waals surface area contributed by atoms with Gasteiger partial charge in [-0.3, -0.25) is 4.79 Å². The van der Waals surface area contributed by atoms with Crippen LogP contribution < -0.4 is 5.43 Å². The molecule has 0 bridgehead atoms. The van der Waals surface area contributed by atoms with Crippen LogP contribution in [0.5, 0.6) is 0 Å². The first-order chi connectivity index (χ1) is 11.3.